The largest absolute Gasteiger partial charge is 0.410 e. The lowest BCUT2D eigenvalue weighted by molar-refractivity contribution is -0.00662. The zero-order valence-electron chi connectivity index (χ0n) is 17.9. The van der Waals surface area contributed by atoms with Crippen molar-refractivity contribution < 1.29 is 32.8 Å². The fraction of sp³-hybridized carbons (Fsp3) is 1.00. The van der Waals surface area contributed by atoms with Crippen molar-refractivity contribution in [2.24, 2.45) is 0 Å². The van der Waals surface area contributed by atoms with Gasteiger partial charge >= 0.3 is 0 Å². The Balaban J connectivity index is 1.82. The smallest absolute Gasteiger partial charge is 0.277 e. The molecular weight excluding hydrogens is 380 g/mol. The summed E-state index contributed by atoms with van der Waals surface area (Å²) in [5.41, 5.74) is -0.0228. The van der Waals surface area contributed by atoms with Crippen molar-refractivity contribution in [3.63, 3.8) is 0 Å². The highest BCUT2D eigenvalue weighted by Gasteiger charge is 2.57. The van der Waals surface area contributed by atoms with Gasteiger partial charge in [-0.05, 0) is 26.2 Å². The number of ether oxygens (including phenoxy) is 6. The summed E-state index contributed by atoms with van der Waals surface area (Å²) in [6, 6.07) is 0. The van der Waals surface area contributed by atoms with Crippen LogP contribution in [0.25, 0.3) is 0 Å². The van der Waals surface area contributed by atoms with Crippen molar-refractivity contribution in [3.05, 3.63) is 0 Å². The molecule has 3 saturated heterocycles. The zero-order valence-corrected chi connectivity index (χ0v) is 18.9. The van der Waals surface area contributed by atoms with Crippen molar-refractivity contribution in [2.75, 3.05) is 46.2 Å². The molecule has 7 nitrogen and oxygen atoms in total. The van der Waals surface area contributed by atoms with Crippen molar-refractivity contribution in [1.82, 2.24) is 0 Å². The van der Waals surface area contributed by atoms with Crippen molar-refractivity contribution >= 4 is 8.32 Å². The number of rotatable bonds is 17. The fourth-order valence-electron chi connectivity index (χ4n) is 4.02. The van der Waals surface area contributed by atoms with Crippen LogP contribution in [0.5, 0.6) is 0 Å². The summed E-state index contributed by atoms with van der Waals surface area (Å²) in [6.07, 6.45) is 3.30. The third-order valence-electron chi connectivity index (χ3n) is 5.67. The summed E-state index contributed by atoms with van der Waals surface area (Å²) in [5, 5.41) is 0. The SMILES string of the molecule is CCO[Si](C(CC)OCC1CO1)(C(CC)OCC1CO1)C(CC)OCC1CO1. The Hall–Kier alpha value is -0.0631. The molecule has 6 atom stereocenters. The van der Waals surface area contributed by atoms with Crippen LogP contribution in [0.1, 0.15) is 47.0 Å². The monoisotopic (exact) mass is 418 g/mol. The minimum Gasteiger partial charge on any atom is -0.410 e. The Morgan fingerprint density at radius 2 is 1.00 bits per heavy atom. The van der Waals surface area contributed by atoms with E-state index in [1.165, 1.54) is 0 Å². The van der Waals surface area contributed by atoms with Gasteiger partial charge in [0.1, 0.15) is 18.3 Å². The molecule has 0 aromatic carbocycles. The first-order chi connectivity index (χ1) is 13.7. The van der Waals surface area contributed by atoms with E-state index in [4.69, 9.17) is 32.8 Å². The normalized spacial score (nSPS) is 31.1. The second kappa shape index (κ2) is 10.8. The van der Waals surface area contributed by atoms with Gasteiger partial charge in [-0.25, -0.2) is 0 Å². The Kier molecular flexibility index (Phi) is 8.73. The van der Waals surface area contributed by atoms with E-state index in [0.29, 0.717) is 26.4 Å². The molecule has 3 aliphatic heterocycles. The van der Waals surface area contributed by atoms with E-state index in [2.05, 4.69) is 27.7 Å². The first-order valence-electron chi connectivity index (χ1n) is 11.0. The molecule has 28 heavy (non-hydrogen) atoms. The molecule has 3 fully saturated rings. The van der Waals surface area contributed by atoms with Gasteiger partial charge in [-0.3, -0.25) is 0 Å². The molecule has 0 aromatic heterocycles. The highest BCUT2D eigenvalue weighted by Crippen LogP contribution is 2.34. The average molecular weight is 419 g/mol. The van der Waals surface area contributed by atoms with Crippen molar-refractivity contribution in [1.29, 1.82) is 0 Å². The lowest BCUT2D eigenvalue weighted by Crippen LogP contribution is -2.70. The summed E-state index contributed by atoms with van der Waals surface area (Å²) in [4.78, 5) is 0. The van der Waals surface area contributed by atoms with Crippen molar-refractivity contribution in [3.8, 4) is 0 Å². The maximum atomic E-state index is 6.69. The summed E-state index contributed by atoms with van der Waals surface area (Å²) in [5.74, 6) is 0. The summed E-state index contributed by atoms with van der Waals surface area (Å²) < 4.78 is 42.1. The minimum absolute atomic E-state index is 0.00760. The van der Waals surface area contributed by atoms with Crippen LogP contribution in [0.2, 0.25) is 0 Å². The van der Waals surface area contributed by atoms with Gasteiger partial charge in [-0.2, -0.15) is 0 Å². The second-order valence-electron chi connectivity index (χ2n) is 7.84. The second-order valence-corrected chi connectivity index (χ2v) is 11.8. The molecule has 3 aliphatic rings. The van der Waals surface area contributed by atoms with Crippen LogP contribution in [0.3, 0.4) is 0 Å². The molecule has 0 aromatic rings. The third kappa shape index (κ3) is 5.98. The van der Waals surface area contributed by atoms with Crippen LogP contribution in [-0.4, -0.2) is 90.1 Å². The van der Waals surface area contributed by atoms with Crippen LogP contribution < -0.4 is 0 Å². The van der Waals surface area contributed by atoms with E-state index in [-0.39, 0.29) is 35.5 Å². The number of hydrogen-bond donors (Lipinski definition) is 0. The molecule has 0 N–H and O–H groups in total. The van der Waals surface area contributed by atoms with E-state index in [1.807, 2.05) is 0 Å². The molecule has 0 saturated carbocycles. The first kappa shape index (κ1) is 22.6. The minimum atomic E-state index is -2.63. The number of epoxide rings is 3. The van der Waals surface area contributed by atoms with Gasteiger partial charge in [0.25, 0.3) is 8.32 Å². The highest BCUT2D eigenvalue weighted by molar-refractivity contribution is 6.77. The molecule has 0 radical (unpaired) electrons. The summed E-state index contributed by atoms with van der Waals surface area (Å²) in [7, 11) is -2.63. The standard InChI is InChI=1S/C20H38O7Si/c1-5-18(24-12-15-9-21-15)28(27-8-4,19(6-2)25-13-16-10-22-16)20(7-3)26-14-17-11-23-17/h15-20H,5-14H2,1-4H3. The Bertz CT molecular complexity index is 394. The van der Waals surface area contributed by atoms with Crippen LogP contribution in [0, 0.1) is 0 Å². The Morgan fingerprint density at radius 3 is 1.21 bits per heavy atom. The Morgan fingerprint density at radius 1 is 0.679 bits per heavy atom. The topological polar surface area (TPSA) is 74.5 Å². The van der Waals surface area contributed by atoms with Gasteiger partial charge in [0, 0.05) is 6.61 Å². The third-order valence-corrected chi connectivity index (χ3v) is 11.2. The van der Waals surface area contributed by atoms with Gasteiger partial charge in [0.05, 0.1) is 56.8 Å². The van der Waals surface area contributed by atoms with E-state index in [9.17, 15) is 0 Å². The molecule has 0 bridgehead atoms. The molecule has 8 heteroatoms. The molecular formula is C20H38O7Si. The van der Waals surface area contributed by atoms with Gasteiger partial charge in [0.2, 0.25) is 0 Å². The zero-order chi connectivity index (χ0) is 20.0. The maximum Gasteiger partial charge on any atom is 0.277 e. The van der Waals surface area contributed by atoms with E-state index >= 15 is 0 Å². The van der Waals surface area contributed by atoms with Gasteiger partial charge in [0.15, 0.2) is 0 Å². The summed E-state index contributed by atoms with van der Waals surface area (Å²) >= 11 is 0. The predicted octanol–water partition coefficient (Wildman–Crippen LogP) is 2.17. The first-order valence-corrected chi connectivity index (χ1v) is 13.1. The number of hydrogen-bond acceptors (Lipinski definition) is 7. The quantitative estimate of drug-likeness (QED) is 0.265. The van der Waals surface area contributed by atoms with Crippen LogP contribution in [0.4, 0.5) is 0 Å². The fourth-order valence-corrected chi connectivity index (χ4v) is 9.30. The average Bonchev–Trinajstić information content (AvgIpc) is 3.56. The summed E-state index contributed by atoms with van der Waals surface area (Å²) in [6.45, 7) is 13.4. The molecule has 0 aliphatic carbocycles. The highest BCUT2D eigenvalue weighted by atomic mass is 28.4. The van der Waals surface area contributed by atoms with Crippen LogP contribution >= 0.6 is 0 Å². The van der Waals surface area contributed by atoms with E-state index in [1.54, 1.807) is 0 Å². The Labute approximate surface area is 170 Å². The predicted molar refractivity (Wildman–Crippen MR) is 107 cm³/mol. The molecule has 3 rings (SSSR count). The van der Waals surface area contributed by atoms with Crippen LogP contribution in [0.15, 0.2) is 0 Å². The molecule has 3 heterocycles. The van der Waals surface area contributed by atoms with Crippen LogP contribution in [-0.2, 0) is 32.8 Å². The van der Waals surface area contributed by atoms with Gasteiger partial charge in [-0.15, -0.1) is 0 Å². The molecule has 0 spiro atoms. The van der Waals surface area contributed by atoms with E-state index in [0.717, 1.165) is 39.1 Å². The van der Waals surface area contributed by atoms with Gasteiger partial charge < -0.3 is 32.8 Å². The van der Waals surface area contributed by atoms with E-state index < -0.39 is 8.32 Å². The van der Waals surface area contributed by atoms with Gasteiger partial charge in [-0.1, -0.05) is 20.8 Å². The molecule has 0 amide bonds. The lowest BCUT2D eigenvalue weighted by Gasteiger charge is -2.46. The molecule has 6 unspecified atom stereocenters. The lowest BCUT2D eigenvalue weighted by atomic mass is 10.5. The maximum absolute atomic E-state index is 6.69. The van der Waals surface area contributed by atoms with Crippen molar-refractivity contribution in [2.45, 2.75) is 82.5 Å². The molecule has 164 valence electrons.